The lowest BCUT2D eigenvalue weighted by atomic mass is 10.2. The molecule has 178 valence electrons. The third-order valence-corrected chi connectivity index (χ3v) is 8.46. The molecule has 4 heterocycles. The van der Waals surface area contributed by atoms with Crippen LogP contribution in [0.3, 0.4) is 0 Å². The van der Waals surface area contributed by atoms with Crippen molar-refractivity contribution in [3.63, 3.8) is 0 Å². The van der Waals surface area contributed by atoms with Gasteiger partial charge in [-0.2, -0.15) is 4.31 Å². The van der Waals surface area contributed by atoms with Crippen LogP contribution >= 0.6 is 0 Å². The monoisotopic (exact) mass is 481 g/mol. The van der Waals surface area contributed by atoms with Gasteiger partial charge in [-0.15, -0.1) is 0 Å². The largest absolute Gasteiger partial charge is 0.353 e. The third-order valence-electron chi connectivity index (χ3n) is 6.56. The average Bonchev–Trinajstić information content (AvgIpc) is 3.42. The molecule has 0 N–H and O–H groups in total. The Morgan fingerprint density at radius 1 is 0.912 bits per heavy atom. The van der Waals surface area contributed by atoms with Crippen molar-refractivity contribution in [1.82, 2.24) is 18.8 Å². The minimum atomic E-state index is -3.56. The van der Waals surface area contributed by atoms with Crippen LogP contribution in [-0.2, 0) is 21.4 Å². The summed E-state index contributed by atoms with van der Waals surface area (Å²) in [5.41, 5.74) is 0.261. The first-order chi connectivity index (χ1) is 16.4. The molecule has 3 aromatic rings. The van der Waals surface area contributed by atoms with Crippen LogP contribution in [0, 0.1) is 0 Å². The summed E-state index contributed by atoms with van der Waals surface area (Å²) >= 11 is 0. The number of carbonyl (C=O) groups excluding carboxylic acids is 1. The quantitative estimate of drug-likeness (QED) is 0.549. The number of sulfonamides is 1. The smallest absolute Gasteiger partial charge is 0.251 e. The van der Waals surface area contributed by atoms with Crippen molar-refractivity contribution in [2.75, 3.05) is 44.2 Å². The van der Waals surface area contributed by atoms with Crippen molar-refractivity contribution >= 4 is 32.7 Å². The Labute approximate surface area is 198 Å². The zero-order valence-corrected chi connectivity index (χ0v) is 19.7. The first-order valence-corrected chi connectivity index (χ1v) is 12.9. The molecule has 10 heteroatoms. The summed E-state index contributed by atoms with van der Waals surface area (Å²) in [5.74, 6) is 0.753. The summed E-state index contributed by atoms with van der Waals surface area (Å²) in [5, 5.41) is 0.618. The van der Waals surface area contributed by atoms with E-state index in [0.717, 1.165) is 18.7 Å². The van der Waals surface area contributed by atoms with Gasteiger partial charge in [0.15, 0.2) is 0 Å². The van der Waals surface area contributed by atoms with Crippen LogP contribution in [0.5, 0.6) is 0 Å². The van der Waals surface area contributed by atoms with E-state index < -0.39 is 10.0 Å². The molecule has 2 aliphatic rings. The number of carbonyl (C=O) groups is 1. The predicted octanol–water partition coefficient (Wildman–Crippen LogP) is 1.53. The summed E-state index contributed by atoms with van der Waals surface area (Å²) in [6.45, 7) is 3.41. The second-order valence-electron chi connectivity index (χ2n) is 8.65. The molecule has 0 spiro atoms. The first kappa shape index (κ1) is 22.5. The van der Waals surface area contributed by atoms with Gasteiger partial charge >= 0.3 is 0 Å². The minimum Gasteiger partial charge on any atom is -0.353 e. The normalized spacial score (nSPS) is 17.4. The fraction of sp³-hybridized carbons (Fsp3) is 0.375. The van der Waals surface area contributed by atoms with Crippen LogP contribution in [0.4, 0.5) is 5.82 Å². The maximum Gasteiger partial charge on any atom is 0.251 e. The van der Waals surface area contributed by atoms with Gasteiger partial charge < -0.3 is 9.80 Å². The number of pyridine rings is 2. The summed E-state index contributed by atoms with van der Waals surface area (Å²) < 4.78 is 28.8. The van der Waals surface area contributed by atoms with Gasteiger partial charge in [-0.1, -0.05) is 6.07 Å². The highest BCUT2D eigenvalue weighted by Gasteiger charge is 2.28. The zero-order chi connectivity index (χ0) is 23.7. The minimum absolute atomic E-state index is 0.0853. The van der Waals surface area contributed by atoms with E-state index in [1.54, 1.807) is 29.3 Å². The van der Waals surface area contributed by atoms with Gasteiger partial charge in [0.05, 0.1) is 10.4 Å². The fourth-order valence-electron chi connectivity index (χ4n) is 4.64. The van der Waals surface area contributed by atoms with Crippen LogP contribution < -0.4 is 10.5 Å². The number of anilines is 1. The summed E-state index contributed by atoms with van der Waals surface area (Å²) in [7, 11) is -3.56. The number of piperazine rings is 1. The Balaban J connectivity index is 1.34. The number of nitrogens with zero attached hydrogens (tertiary/aromatic N) is 5. The van der Waals surface area contributed by atoms with Crippen LogP contribution in [0.25, 0.3) is 10.9 Å². The second-order valence-corrected chi connectivity index (χ2v) is 10.6. The molecular formula is C24H27N5O4S. The van der Waals surface area contributed by atoms with E-state index in [-0.39, 0.29) is 22.9 Å². The number of amides is 1. The maximum absolute atomic E-state index is 13.0. The molecule has 1 aromatic carbocycles. The van der Waals surface area contributed by atoms with Crippen molar-refractivity contribution in [2.24, 2.45) is 0 Å². The van der Waals surface area contributed by atoms with Gasteiger partial charge in [0.2, 0.25) is 15.9 Å². The lowest BCUT2D eigenvalue weighted by Crippen LogP contribution is -2.50. The molecule has 0 radical (unpaired) electrons. The van der Waals surface area contributed by atoms with Gasteiger partial charge in [-0.3, -0.25) is 14.2 Å². The van der Waals surface area contributed by atoms with Crippen LogP contribution in [0.2, 0.25) is 0 Å². The number of hydrogen-bond acceptors (Lipinski definition) is 6. The van der Waals surface area contributed by atoms with Crippen LogP contribution in [0.15, 0.2) is 64.4 Å². The van der Waals surface area contributed by atoms with E-state index >= 15 is 0 Å². The Morgan fingerprint density at radius 2 is 1.68 bits per heavy atom. The predicted molar refractivity (Wildman–Crippen MR) is 129 cm³/mol. The Morgan fingerprint density at radius 3 is 2.38 bits per heavy atom. The molecular weight excluding hydrogens is 454 g/mol. The van der Waals surface area contributed by atoms with Gasteiger partial charge in [-0.05, 0) is 54.6 Å². The van der Waals surface area contributed by atoms with Crippen molar-refractivity contribution < 1.29 is 13.2 Å². The molecule has 0 bridgehead atoms. The molecule has 2 aliphatic heterocycles. The lowest BCUT2D eigenvalue weighted by Gasteiger charge is -2.35. The van der Waals surface area contributed by atoms with Gasteiger partial charge in [0.1, 0.15) is 12.4 Å². The molecule has 0 unspecified atom stereocenters. The van der Waals surface area contributed by atoms with Crippen molar-refractivity contribution in [3.05, 3.63) is 65.1 Å². The number of rotatable bonds is 5. The molecule has 2 saturated heterocycles. The molecule has 2 fully saturated rings. The Hall–Kier alpha value is -3.24. The van der Waals surface area contributed by atoms with Crippen LogP contribution in [0.1, 0.15) is 12.8 Å². The van der Waals surface area contributed by atoms with Crippen LogP contribution in [-0.4, -0.2) is 72.3 Å². The Kier molecular flexibility index (Phi) is 6.09. The number of hydrogen-bond donors (Lipinski definition) is 0. The fourth-order valence-corrected chi connectivity index (χ4v) is 6.20. The van der Waals surface area contributed by atoms with Gasteiger partial charge in [-0.25, -0.2) is 13.4 Å². The second kappa shape index (κ2) is 9.19. The molecule has 0 aliphatic carbocycles. The first-order valence-electron chi connectivity index (χ1n) is 11.5. The van der Waals surface area contributed by atoms with E-state index in [0.29, 0.717) is 50.2 Å². The van der Waals surface area contributed by atoms with Gasteiger partial charge in [0, 0.05) is 51.5 Å². The summed E-state index contributed by atoms with van der Waals surface area (Å²) in [6, 6.07) is 13.5. The van der Waals surface area contributed by atoms with Crippen molar-refractivity contribution in [1.29, 1.82) is 0 Å². The highest BCUT2D eigenvalue weighted by atomic mass is 32.2. The van der Waals surface area contributed by atoms with Crippen molar-refractivity contribution in [2.45, 2.75) is 24.3 Å². The highest BCUT2D eigenvalue weighted by molar-refractivity contribution is 7.89. The zero-order valence-electron chi connectivity index (χ0n) is 18.8. The molecule has 2 aromatic heterocycles. The number of fused-ring (bicyclic) bond motifs is 1. The van der Waals surface area contributed by atoms with Crippen molar-refractivity contribution in [3.8, 4) is 0 Å². The Bertz CT molecular complexity index is 1360. The lowest BCUT2D eigenvalue weighted by molar-refractivity contribution is -0.132. The number of benzene rings is 1. The van der Waals surface area contributed by atoms with E-state index in [1.165, 1.54) is 21.0 Å². The molecule has 0 saturated carbocycles. The van der Waals surface area contributed by atoms with E-state index in [1.807, 2.05) is 18.2 Å². The summed E-state index contributed by atoms with van der Waals surface area (Å²) in [6.07, 6.45) is 3.48. The molecule has 0 atom stereocenters. The topological polar surface area (TPSA) is 95.8 Å². The number of aromatic nitrogens is 2. The van der Waals surface area contributed by atoms with E-state index in [2.05, 4.69) is 9.88 Å². The molecule has 9 nitrogen and oxygen atoms in total. The molecule has 5 rings (SSSR count). The standard InChI is InChI=1S/C24H27N5O4S/c30-23-9-6-19-17-20(34(32,33)28-11-3-4-12-28)7-8-21(19)29(23)18-24(31)27-15-13-26(14-16-27)22-5-1-2-10-25-22/h1-2,5-10,17H,3-4,11-16,18H2. The van der Waals surface area contributed by atoms with E-state index in [4.69, 9.17) is 0 Å². The third kappa shape index (κ3) is 4.30. The highest BCUT2D eigenvalue weighted by Crippen LogP contribution is 2.24. The molecule has 34 heavy (non-hydrogen) atoms. The summed E-state index contributed by atoms with van der Waals surface area (Å²) in [4.78, 5) is 34.1. The van der Waals surface area contributed by atoms with E-state index in [9.17, 15) is 18.0 Å². The van der Waals surface area contributed by atoms with Gasteiger partial charge in [0.25, 0.3) is 5.56 Å². The SMILES string of the molecule is O=C(Cn1c(=O)ccc2cc(S(=O)(=O)N3CCCC3)ccc21)N1CCN(c2ccccn2)CC1. The molecule has 1 amide bonds. The maximum atomic E-state index is 13.0. The average molecular weight is 482 g/mol.